The molecule has 0 aliphatic carbocycles. The smallest absolute Gasteiger partial charge is 0.358 e. The molecule has 28 heavy (non-hydrogen) atoms. The molecule has 0 saturated heterocycles. The summed E-state index contributed by atoms with van der Waals surface area (Å²) < 4.78 is 11.6. The number of aromatic nitrogens is 4. The zero-order valence-electron chi connectivity index (χ0n) is 15.2. The van der Waals surface area contributed by atoms with Crippen molar-refractivity contribution in [3.05, 3.63) is 65.7 Å². The molecule has 0 fully saturated rings. The molecular formula is C20H16N4O3S. The first-order valence-corrected chi connectivity index (χ1v) is 9.28. The van der Waals surface area contributed by atoms with Crippen LogP contribution in [0.3, 0.4) is 0 Å². The zero-order valence-corrected chi connectivity index (χ0v) is 16.0. The first-order chi connectivity index (χ1) is 13.7. The average Bonchev–Trinajstić information content (AvgIpc) is 3.44. The topological polar surface area (TPSA) is 79.1 Å². The van der Waals surface area contributed by atoms with E-state index < -0.39 is 5.97 Å². The van der Waals surface area contributed by atoms with E-state index in [2.05, 4.69) is 15.3 Å². The summed E-state index contributed by atoms with van der Waals surface area (Å²) in [4.78, 5) is 13.0. The maximum Gasteiger partial charge on any atom is 0.358 e. The van der Waals surface area contributed by atoms with Gasteiger partial charge in [0.25, 0.3) is 0 Å². The van der Waals surface area contributed by atoms with Gasteiger partial charge < -0.3 is 9.47 Å². The second-order valence-electron chi connectivity index (χ2n) is 5.80. The van der Waals surface area contributed by atoms with Crippen LogP contribution in [0.1, 0.15) is 10.5 Å². The third kappa shape index (κ3) is 3.37. The summed E-state index contributed by atoms with van der Waals surface area (Å²) in [5, 5.41) is 15.0. The molecule has 3 heterocycles. The Bertz CT molecular complexity index is 1090. The van der Waals surface area contributed by atoms with Gasteiger partial charge in [-0.25, -0.2) is 9.48 Å². The summed E-state index contributed by atoms with van der Waals surface area (Å²) in [6.45, 7) is 0. The molecule has 0 N–H and O–H groups in total. The monoisotopic (exact) mass is 392 g/mol. The van der Waals surface area contributed by atoms with Gasteiger partial charge in [0.2, 0.25) is 0 Å². The minimum Gasteiger partial charge on any atom is -0.497 e. The summed E-state index contributed by atoms with van der Waals surface area (Å²) in [5.74, 6) is 0.723. The molecule has 0 bridgehead atoms. The van der Waals surface area contributed by atoms with Gasteiger partial charge in [0, 0.05) is 5.56 Å². The van der Waals surface area contributed by atoms with Gasteiger partial charge in [-0.2, -0.15) is 5.10 Å². The third-order valence-corrected chi connectivity index (χ3v) is 5.02. The molecule has 1 aromatic carbocycles. The van der Waals surface area contributed by atoms with Crippen molar-refractivity contribution < 1.29 is 14.3 Å². The normalized spacial score (nSPS) is 10.6. The number of methoxy groups -OCH3 is 2. The van der Waals surface area contributed by atoms with E-state index in [0.29, 0.717) is 11.5 Å². The number of hydrogen-bond donors (Lipinski definition) is 0. The summed E-state index contributed by atoms with van der Waals surface area (Å²) in [6, 6.07) is 16.8. The van der Waals surface area contributed by atoms with Crippen molar-refractivity contribution in [2.75, 3.05) is 14.2 Å². The Labute approximate surface area is 165 Å². The van der Waals surface area contributed by atoms with Gasteiger partial charge in [0.1, 0.15) is 11.4 Å². The number of rotatable bonds is 5. The Morgan fingerprint density at radius 2 is 1.86 bits per heavy atom. The quantitative estimate of drug-likeness (QED) is 0.480. The highest BCUT2D eigenvalue weighted by molar-refractivity contribution is 7.13. The lowest BCUT2D eigenvalue weighted by molar-refractivity contribution is 0.0593. The summed E-state index contributed by atoms with van der Waals surface area (Å²) in [5.41, 5.74) is 2.52. The molecular weight excluding hydrogens is 376 g/mol. The second-order valence-corrected chi connectivity index (χ2v) is 6.75. The van der Waals surface area contributed by atoms with Gasteiger partial charge in [-0.05, 0) is 53.9 Å². The van der Waals surface area contributed by atoms with Crippen LogP contribution in [0.5, 0.6) is 5.75 Å². The van der Waals surface area contributed by atoms with Gasteiger partial charge in [-0.3, -0.25) is 0 Å². The number of benzene rings is 1. The van der Waals surface area contributed by atoms with Crippen molar-refractivity contribution in [2.24, 2.45) is 0 Å². The highest BCUT2D eigenvalue weighted by Gasteiger charge is 2.18. The van der Waals surface area contributed by atoms with E-state index in [0.717, 1.165) is 21.9 Å². The maximum absolute atomic E-state index is 12.0. The number of hydrogen-bond acceptors (Lipinski definition) is 7. The van der Waals surface area contributed by atoms with Crippen LogP contribution in [-0.2, 0) is 4.74 Å². The lowest BCUT2D eigenvalue weighted by Crippen LogP contribution is -2.06. The van der Waals surface area contributed by atoms with E-state index >= 15 is 0 Å². The van der Waals surface area contributed by atoms with E-state index in [9.17, 15) is 4.79 Å². The summed E-state index contributed by atoms with van der Waals surface area (Å²) >= 11 is 1.59. The number of thiophene rings is 1. The molecule has 0 amide bonds. The van der Waals surface area contributed by atoms with Crippen LogP contribution in [-0.4, -0.2) is 40.2 Å². The third-order valence-electron chi connectivity index (χ3n) is 4.13. The van der Waals surface area contributed by atoms with Crippen LogP contribution in [0.15, 0.2) is 60.0 Å². The lowest BCUT2D eigenvalue weighted by atomic mass is 10.1. The number of ether oxygens (including phenoxy) is 2. The van der Waals surface area contributed by atoms with Crippen LogP contribution in [0, 0.1) is 0 Å². The van der Waals surface area contributed by atoms with Crippen LogP contribution in [0.4, 0.5) is 0 Å². The fourth-order valence-corrected chi connectivity index (χ4v) is 3.41. The van der Waals surface area contributed by atoms with Crippen molar-refractivity contribution in [3.63, 3.8) is 0 Å². The summed E-state index contributed by atoms with van der Waals surface area (Å²) in [6.07, 6.45) is 0. The largest absolute Gasteiger partial charge is 0.497 e. The molecule has 0 atom stereocenters. The molecule has 0 unspecified atom stereocenters. The first kappa shape index (κ1) is 17.9. The van der Waals surface area contributed by atoms with Crippen LogP contribution < -0.4 is 4.74 Å². The highest BCUT2D eigenvalue weighted by atomic mass is 32.1. The fourth-order valence-electron chi connectivity index (χ4n) is 2.72. The van der Waals surface area contributed by atoms with Crippen LogP contribution in [0.25, 0.3) is 27.6 Å². The van der Waals surface area contributed by atoms with E-state index in [4.69, 9.17) is 9.47 Å². The molecule has 140 valence electrons. The van der Waals surface area contributed by atoms with Gasteiger partial charge >= 0.3 is 5.97 Å². The maximum atomic E-state index is 12.0. The average molecular weight is 392 g/mol. The van der Waals surface area contributed by atoms with Crippen molar-refractivity contribution in [2.45, 2.75) is 0 Å². The fraction of sp³-hybridized carbons (Fsp3) is 0.100. The van der Waals surface area contributed by atoms with E-state index in [1.54, 1.807) is 29.2 Å². The molecule has 0 aliphatic rings. The second kappa shape index (κ2) is 7.61. The molecule has 0 aliphatic heterocycles. The number of esters is 1. The minimum absolute atomic E-state index is 0.192. The van der Waals surface area contributed by atoms with E-state index in [1.807, 2.05) is 53.9 Å². The molecule has 8 heteroatoms. The lowest BCUT2D eigenvalue weighted by Gasteiger charge is -2.07. The molecule has 0 radical (unpaired) electrons. The Balaban J connectivity index is 1.78. The Morgan fingerprint density at radius 1 is 1.04 bits per heavy atom. The predicted octanol–water partition coefficient (Wildman–Crippen LogP) is 3.85. The Morgan fingerprint density at radius 3 is 2.46 bits per heavy atom. The molecule has 0 saturated carbocycles. The molecule has 3 aromatic heterocycles. The number of nitrogens with zero attached hydrogens (tertiary/aromatic N) is 4. The van der Waals surface area contributed by atoms with Crippen LogP contribution in [0.2, 0.25) is 0 Å². The van der Waals surface area contributed by atoms with Crippen molar-refractivity contribution in [1.29, 1.82) is 0 Å². The van der Waals surface area contributed by atoms with Crippen molar-refractivity contribution in [1.82, 2.24) is 20.0 Å². The van der Waals surface area contributed by atoms with E-state index in [-0.39, 0.29) is 5.69 Å². The first-order valence-electron chi connectivity index (χ1n) is 8.40. The SMILES string of the molecule is COC(=O)c1cc(-c2ccc(OC)cc2)n(-c2ccc(-c3cccs3)nn2)n1. The van der Waals surface area contributed by atoms with Crippen molar-refractivity contribution in [3.8, 4) is 33.4 Å². The highest BCUT2D eigenvalue weighted by Crippen LogP contribution is 2.27. The summed E-state index contributed by atoms with van der Waals surface area (Å²) in [7, 11) is 2.93. The molecule has 4 aromatic rings. The standard InChI is InChI=1S/C20H16N4O3S/c1-26-14-7-5-13(6-8-14)17-12-16(20(25)27-2)23-24(17)19-10-9-15(21-22-19)18-4-3-11-28-18/h3-12H,1-2H3. The predicted molar refractivity (Wildman–Crippen MR) is 106 cm³/mol. The van der Waals surface area contributed by atoms with Gasteiger partial charge in [-0.15, -0.1) is 21.5 Å². The van der Waals surface area contributed by atoms with Gasteiger partial charge in [-0.1, -0.05) is 6.07 Å². The number of carbonyl (C=O) groups excluding carboxylic acids is 1. The molecule has 0 spiro atoms. The van der Waals surface area contributed by atoms with Crippen LogP contribution >= 0.6 is 11.3 Å². The minimum atomic E-state index is -0.517. The Kier molecular flexibility index (Phi) is 4.86. The molecule has 4 rings (SSSR count). The molecule has 7 nitrogen and oxygen atoms in total. The van der Waals surface area contributed by atoms with Gasteiger partial charge in [0.05, 0.1) is 24.8 Å². The van der Waals surface area contributed by atoms with Gasteiger partial charge in [0.15, 0.2) is 11.5 Å². The number of carbonyl (C=O) groups is 1. The van der Waals surface area contributed by atoms with E-state index in [1.165, 1.54) is 7.11 Å². The zero-order chi connectivity index (χ0) is 19.5. The van der Waals surface area contributed by atoms with Crippen molar-refractivity contribution >= 4 is 17.3 Å². The Hall–Kier alpha value is -3.52.